The molecule has 1 nitrogen and oxygen atoms in total. The van der Waals surface area contributed by atoms with Crippen LogP contribution in [0.3, 0.4) is 0 Å². The van der Waals surface area contributed by atoms with Gasteiger partial charge in [0.25, 0.3) is 0 Å². The van der Waals surface area contributed by atoms with Crippen molar-refractivity contribution in [3.05, 3.63) is 40.1 Å². The van der Waals surface area contributed by atoms with Crippen molar-refractivity contribution in [1.29, 1.82) is 0 Å². The number of halogens is 2. The Hall–Kier alpha value is -0.830. The Morgan fingerprint density at radius 2 is 2.21 bits per heavy atom. The maximum Gasteiger partial charge on any atom is 0.147 e. The zero-order valence-corrected chi connectivity index (χ0v) is 9.86. The van der Waals surface area contributed by atoms with Gasteiger partial charge in [-0.15, -0.1) is 0 Å². The van der Waals surface area contributed by atoms with E-state index in [0.29, 0.717) is 12.2 Å². The Labute approximate surface area is 92.1 Å². The summed E-state index contributed by atoms with van der Waals surface area (Å²) in [5, 5.41) is 3.00. The second-order valence-electron chi connectivity index (χ2n) is 3.03. The lowest BCUT2D eigenvalue weighted by Gasteiger charge is -2.07. The van der Waals surface area contributed by atoms with Crippen LogP contribution >= 0.6 is 15.9 Å². The van der Waals surface area contributed by atoms with Crippen LogP contribution in [0.2, 0.25) is 0 Å². The largest absolute Gasteiger partial charge is 0.379 e. The normalized spacial score (nSPS) is 10.9. The van der Waals surface area contributed by atoms with E-state index in [4.69, 9.17) is 0 Å². The Balaban J connectivity index is 2.81. The highest BCUT2D eigenvalue weighted by atomic mass is 79.9. The van der Waals surface area contributed by atoms with Crippen LogP contribution in [0.5, 0.6) is 0 Å². The molecule has 1 aromatic carbocycles. The molecule has 0 unspecified atom stereocenters. The van der Waals surface area contributed by atoms with Gasteiger partial charge in [0.15, 0.2) is 0 Å². The lowest BCUT2D eigenvalue weighted by molar-refractivity contribution is 0.629. The molecule has 0 atom stereocenters. The maximum atomic E-state index is 13.3. The summed E-state index contributed by atoms with van der Waals surface area (Å²) >= 11 is 3.28. The molecule has 1 N–H and O–H groups in total. The van der Waals surface area contributed by atoms with Gasteiger partial charge < -0.3 is 5.32 Å². The summed E-state index contributed by atoms with van der Waals surface area (Å²) in [5.74, 6) is -0.230. The molecular formula is C11H13BrFN. The van der Waals surface area contributed by atoms with Crippen LogP contribution in [0, 0.1) is 12.7 Å². The van der Waals surface area contributed by atoms with Gasteiger partial charge in [-0.3, -0.25) is 0 Å². The molecule has 76 valence electrons. The van der Waals surface area contributed by atoms with Crippen molar-refractivity contribution in [1.82, 2.24) is 0 Å². The lowest BCUT2D eigenvalue weighted by atomic mass is 10.2. The highest BCUT2D eigenvalue weighted by molar-refractivity contribution is 9.10. The van der Waals surface area contributed by atoms with Crippen LogP contribution in [-0.2, 0) is 0 Å². The molecule has 0 fully saturated rings. The summed E-state index contributed by atoms with van der Waals surface area (Å²) in [5.41, 5.74) is 1.57. The first-order valence-electron chi connectivity index (χ1n) is 4.46. The third-order valence-corrected chi connectivity index (χ3v) is 2.75. The smallest absolute Gasteiger partial charge is 0.147 e. The highest BCUT2D eigenvalue weighted by Crippen LogP contribution is 2.23. The molecule has 0 aliphatic carbocycles. The van der Waals surface area contributed by atoms with Crippen LogP contribution < -0.4 is 5.32 Å². The maximum absolute atomic E-state index is 13.3. The fraction of sp³-hybridized carbons (Fsp3) is 0.273. The minimum Gasteiger partial charge on any atom is -0.379 e. The van der Waals surface area contributed by atoms with Crippen molar-refractivity contribution in [3.8, 4) is 0 Å². The number of anilines is 1. The molecule has 0 heterocycles. The van der Waals surface area contributed by atoms with E-state index in [1.165, 1.54) is 6.07 Å². The molecule has 0 aromatic heterocycles. The molecule has 0 saturated heterocycles. The van der Waals surface area contributed by atoms with Crippen LogP contribution in [0.25, 0.3) is 0 Å². The summed E-state index contributed by atoms with van der Waals surface area (Å²) in [6.07, 6.45) is 3.87. The van der Waals surface area contributed by atoms with Crippen molar-refractivity contribution >= 4 is 21.6 Å². The first-order chi connectivity index (χ1) is 6.65. The second-order valence-corrected chi connectivity index (χ2v) is 3.89. The second kappa shape index (κ2) is 5.15. The average Bonchev–Trinajstić information content (AvgIpc) is 2.14. The molecule has 0 amide bonds. The van der Waals surface area contributed by atoms with E-state index in [2.05, 4.69) is 21.2 Å². The van der Waals surface area contributed by atoms with E-state index in [-0.39, 0.29) is 5.82 Å². The number of benzene rings is 1. The lowest BCUT2D eigenvalue weighted by Crippen LogP contribution is -2.01. The Kier molecular flexibility index (Phi) is 4.14. The van der Waals surface area contributed by atoms with Crippen LogP contribution in [0.4, 0.5) is 10.1 Å². The molecule has 1 aromatic rings. The fourth-order valence-corrected chi connectivity index (χ4v) is 1.39. The van der Waals surface area contributed by atoms with E-state index in [0.717, 1.165) is 10.0 Å². The predicted octanol–water partition coefficient (Wildman–Crippen LogP) is 3.88. The topological polar surface area (TPSA) is 12.0 Å². The van der Waals surface area contributed by atoms with Gasteiger partial charge in [0.05, 0.1) is 5.69 Å². The van der Waals surface area contributed by atoms with Crippen LogP contribution in [-0.4, -0.2) is 6.54 Å². The number of nitrogens with one attached hydrogen (secondary N) is 1. The molecular weight excluding hydrogens is 245 g/mol. The molecule has 14 heavy (non-hydrogen) atoms. The first kappa shape index (κ1) is 11.2. The summed E-state index contributed by atoms with van der Waals surface area (Å²) in [7, 11) is 0. The molecule has 0 spiro atoms. The number of aryl methyl sites for hydroxylation is 1. The molecule has 0 aliphatic rings. The number of allylic oxidation sites excluding steroid dienone is 1. The highest BCUT2D eigenvalue weighted by Gasteiger charge is 2.03. The Morgan fingerprint density at radius 1 is 1.50 bits per heavy atom. The van der Waals surface area contributed by atoms with Crippen molar-refractivity contribution in [3.63, 3.8) is 0 Å². The Bertz CT molecular complexity index is 347. The standard InChI is InChI=1S/C11H13BrFN/c1-3-4-5-14-11-6-8(2)9(12)7-10(11)13/h3-4,6-7,14H,5H2,1-2H3/b4-3+. The molecule has 0 aliphatic heterocycles. The summed E-state index contributed by atoms with van der Waals surface area (Å²) in [4.78, 5) is 0. The molecule has 0 saturated carbocycles. The molecule has 1 rings (SSSR count). The van der Waals surface area contributed by atoms with Crippen LogP contribution in [0.1, 0.15) is 12.5 Å². The van der Waals surface area contributed by atoms with Gasteiger partial charge in [0, 0.05) is 11.0 Å². The summed E-state index contributed by atoms with van der Waals surface area (Å²) < 4.78 is 14.1. The number of hydrogen-bond donors (Lipinski definition) is 1. The summed E-state index contributed by atoms with van der Waals surface area (Å²) in [6.45, 7) is 4.52. The van der Waals surface area contributed by atoms with E-state index in [1.54, 1.807) is 6.07 Å². The van der Waals surface area contributed by atoms with E-state index >= 15 is 0 Å². The minimum atomic E-state index is -0.230. The number of hydrogen-bond acceptors (Lipinski definition) is 1. The zero-order valence-electron chi connectivity index (χ0n) is 8.27. The molecule has 0 radical (unpaired) electrons. The SMILES string of the molecule is C/C=C/CNc1cc(C)c(Br)cc1F. The first-order valence-corrected chi connectivity index (χ1v) is 5.25. The molecule has 3 heteroatoms. The summed E-state index contributed by atoms with van der Waals surface area (Å²) in [6, 6.07) is 3.27. The van der Waals surface area contributed by atoms with E-state index in [9.17, 15) is 4.39 Å². The third kappa shape index (κ3) is 2.84. The predicted molar refractivity (Wildman–Crippen MR) is 62.1 cm³/mol. The van der Waals surface area contributed by atoms with Crippen molar-refractivity contribution in [2.75, 3.05) is 11.9 Å². The van der Waals surface area contributed by atoms with Gasteiger partial charge in [-0.1, -0.05) is 28.1 Å². The minimum absolute atomic E-state index is 0.230. The van der Waals surface area contributed by atoms with E-state index < -0.39 is 0 Å². The third-order valence-electron chi connectivity index (χ3n) is 1.89. The van der Waals surface area contributed by atoms with E-state index in [1.807, 2.05) is 26.0 Å². The molecule has 0 bridgehead atoms. The van der Waals surface area contributed by atoms with Gasteiger partial charge >= 0.3 is 0 Å². The quantitative estimate of drug-likeness (QED) is 0.811. The van der Waals surface area contributed by atoms with Gasteiger partial charge in [0.2, 0.25) is 0 Å². The van der Waals surface area contributed by atoms with Crippen molar-refractivity contribution in [2.45, 2.75) is 13.8 Å². The number of rotatable bonds is 3. The van der Waals surface area contributed by atoms with Crippen molar-refractivity contribution in [2.24, 2.45) is 0 Å². The zero-order chi connectivity index (χ0) is 10.6. The van der Waals surface area contributed by atoms with Gasteiger partial charge in [-0.25, -0.2) is 4.39 Å². The van der Waals surface area contributed by atoms with Gasteiger partial charge in [-0.05, 0) is 31.5 Å². The average molecular weight is 258 g/mol. The monoisotopic (exact) mass is 257 g/mol. The van der Waals surface area contributed by atoms with Gasteiger partial charge in [-0.2, -0.15) is 0 Å². The van der Waals surface area contributed by atoms with Crippen molar-refractivity contribution < 1.29 is 4.39 Å². The van der Waals surface area contributed by atoms with Gasteiger partial charge in [0.1, 0.15) is 5.82 Å². The van der Waals surface area contributed by atoms with Crippen LogP contribution in [0.15, 0.2) is 28.8 Å². The Morgan fingerprint density at radius 3 is 2.86 bits per heavy atom. The fourth-order valence-electron chi connectivity index (χ4n) is 1.08.